The molecule has 11 unspecified atom stereocenters. The Balaban J connectivity index is 1.78. The van der Waals surface area contributed by atoms with Gasteiger partial charge in [-0.25, -0.2) is 0 Å². The van der Waals surface area contributed by atoms with Crippen LogP contribution in [0, 0.1) is 0 Å². The molecule has 2 rings (SSSR count). The van der Waals surface area contributed by atoms with Crippen molar-refractivity contribution in [2.75, 3.05) is 26.4 Å². The fraction of sp³-hybridized carbons (Fsp3) is 0.889. The standard InChI is InChI=1S/C54H98O15/c1-3-5-7-9-11-13-15-17-19-21-23-25-27-29-31-33-35-37-46(57)67-42(39-64-45(56)36-34-32-30-28-26-24-22-20-18-16-14-12-10-8-6-4-2)40-65-53-52(63)50(61)48(59)44(69-53)41-66-54-51(62)49(60)47(58)43(38-55)68-54/h11,13,17,19,42-44,47-55,58-63H,3-10,12,14-16,18,20-41H2,1-2H3/b13-11-,19-17-. The Bertz CT molecular complexity index is 1300. The van der Waals surface area contributed by atoms with E-state index in [0.29, 0.717) is 12.8 Å². The lowest BCUT2D eigenvalue weighted by Gasteiger charge is -2.42. The van der Waals surface area contributed by atoms with Gasteiger partial charge in [0.2, 0.25) is 0 Å². The van der Waals surface area contributed by atoms with E-state index in [2.05, 4.69) is 38.2 Å². The molecular formula is C54H98O15. The molecule has 0 amide bonds. The first-order valence-corrected chi connectivity index (χ1v) is 27.4. The van der Waals surface area contributed by atoms with Gasteiger partial charge in [-0.3, -0.25) is 9.59 Å². The van der Waals surface area contributed by atoms with Crippen molar-refractivity contribution >= 4 is 11.9 Å². The van der Waals surface area contributed by atoms with E-state index < -0.39 is 92.7 Å². The molecule has 2 fully saturated rings. The third kappa shape index (κ3) is 29.3. The van der Waals surface area contributed by atoms with E-state index in [1.54, 1.807) is 0 Å². The molecule has 2 heterocycles. The van der Waals surface area contributed by atoms with Crippen LogP contribution in [0.1, 0.15) is 213 Å². The first-order valence-electron chi connectivity index (χ1n) is 27.4. The lowest BCUT2D eigenvalue weighted by molar-refractivity contribution is -0.332. The maximum atomic E-state index is 13.0. The minimum atomic E-state index is -1.76. The highest BCUT2D eigenvalue weighted by molar-refractivity contribution is 5.70. The topological polar surface area (TPSA) is 231 Å². The normalized spacial score (nSPS) is 25.7. The number of hydrogen-bond donors (Lipinski definition) is 7. The average Bonchev–Trinajstić information content (AvgIpc) is 3.34. The Kier molecular flexibility index (Phi) is 37.9. The number of hydrogen-bond acceptors (Lipinski definition) is 15. The quantitative estimate of drug-likeness (QED) is 0.0173. The molecular weight excluding hydrogens is 889 g/mol. The van der Waals surface area contributed by atoms with E-state index in [-0.39, 0.29) is 26.1 Å². The third-order valence-corrected chi connectivity index (χ3v) is 13.2. The third-order valence-electron chi connectivity index (χ3n) is 13.2. The van der Waals surface area contributed by atoms with Gasteiger partial charge in [0.1, 0.15) is 55.4 Å². The number of unbranched alkanes of at least 4 members (excludes halogenated alkanes) is 25. The highest BCUT2D eigenvalue weighted by Gasteiger charge is 2.47. The summed E-state index contributed by atoms with van der Waals surface area (Å²) in [4.78, 5) is 25.8. The van der Waals surface area contributed by atoms with Crippen LogP contribution in [0.3, 0.4) is 0 Å². The average molecular weight is 987 g/mol. The first kappa shape index (κ1) is 63.1. The van der Waals surface area contributed by atoms with Gasteiger partial charge in [-0.1, -0.05) is 179 Å². The number of ether oxygens (including phenoxy) is 6. The molecule has 0 spiro atoms. The molecule has 2 aliphatic rings. The monoisotopic (exact) mass is 987 g/mol. The molecule has 69 heavy (non-hydrogen) atoms. The maximum absolute atomic E-state index is 13.0. The van der Waals surface area contributed by atoms with Gasteiger partial charge >= 0.3 is 11.9 Å². The molecule has 0 aromatic heterocycles. The van der Waals surface area contributed by atoms with Crippen LogP contribution in [0.5, 0.6) is 0 Å². The fourth-order valence-corrected chi connectivity index (χ4v) is 8.66. The van der Waals surface area contributed by atoms with Crippen molar-refractivity contribution in [1.29, 1.82) is 0 Å². The molecule has 0 aromatic carbocycles. The Morgan fingerprint density at radius 3 is 1.38 bits per heavy atom. The molecule has 2 aliphatic heterocycles. The number of aliphatic hydroxyl groups excluding tert-OH is 7. The van der Waals surface area contributed by atoms with Crippen molar-refractivity contribution < 1.29 is 73.8 Å². The van der Waals surface area contributed by atoms with E-state index in [9.17, 15) is 45.3 Å². The Morgan fingerprint density at radius 1 is 0.464 bits per heavy atom. The second kappa shape index (κ2) is 41.5. The molecule has 7 N–H and O–H groups in total. The lowest BCUT2D eigenvalue weighted by atomic mass is 9.98. The zero-order valence-corrected chi connectivity index (χ0v) is 42.8. The number of esters is 2. The van der Waals surface area contributed by atoms with Crippen molar-refractivity contribution in [3.05, 3.63) is 24.3 Å². The zero-order chi connectivity index (χ0) is 50.3. The van der Waals surface area contributed by atoms with Gasteiger partial charge < -0.3 is 64.2 Å². The second-order valence-electron chi connectivity index (χ2n) is 19.4. The van der Waals surface area contributed by atoms with Crippen LogP contribution in [-0.4, -0.2) is 142 Å². The number of aliphatic hydroxyl groups is 7. The molecule has 0 aromatic rings. The summed E-state index contributed by atoms with van der Waals surface area (Å²) in [5.41, 5.74) is 0. The number of allylic oxidation sites excluding steroid dienone is 4. The van der Waals surface area contributed by atoms with Crippen molar-refractivity contribution in [3.63, 3.8) is 0 Å². The highest BCUT2D eigenvalue weighted by atomic mass is 16.7. The van der Waals surface area contributed by atoms with Crippen LogP contribution < -0.4 is 0 Å². The van der Waals surface area contributed by atoms with Crippen LogP contribution in [-0.2, 0) is 38.0 Å². The summed E-state index contributed by atoms with van der Waals surface area (Å²) >= 11 is 0. The molecule has 0 bridgehead atoms. The van der Waals surface area contributed by atoms with Crippen molar-refractivity contribution in [1.82, 2.24) is 0 Å². The predicted molar refractivity (Wildman–Crippen MR) is 266 cm³/mol. The number of rotatable bonds is 43. The highest BCUT2D eigenvalue weighted by Crippen LogP contribution is 2.27. The second-order valence-corrected chi connectivity index (χ2v) is 19.4. The molecule has 0 aliphatic carbocycles. The van der Waals surface area contributed by atoms with E-state index in [1.807, 2.05) is 0 Å². The van der Waals surface area contributed by atoms with Gasteiger partial charge in [-0.2, -0.15) is 0 Å². The van der Waals surface area contributed by atoms with Crippen LogP contribution >= 0.6 is 0 Å². The summed E-state index contributed by atoms with van der Waals surface area (Å²) in [6.45, 7) is 2.59. The van der Waals surface area contributed by atoms with Crippen LogP contribution in [0.15, 0.2) is 24.3 Å². The molecule has 15 heteroatoms. The van der Waals surface area contributed by atoms with Gasteiger partial charge in [0.25, 0.3) is 0 Å². The first-order chi connectivity index (χ1) is 33.5. The SMILES string of the molecule is CCCCC/C=C\C/C=C\CCCCCCCCCC(=O)OC(COC(=O)CCCCCCCCCCCCCCCCCC)COC1OC(COC2OC(CO)C(O)C(O)C2O)C(O)C(O)C1O. The van der Waals surface area contributed by atoms with Crippen LogP contribution in [0.25, 0.3) is 0 Å². The van der Waals surface area contributed by atoms with E-state index in [1.165, 1.54) is 109 Å². The summed E-state index contributed by atoms with van der Waals surface area (Å²) in [5, 5.41) is 72.2. The smallest absolute Gasteiger partial charge is 0.306 e. The van der Waals surface area contributed by atoms with Crippen molar-refractivity contribution in [2.45, 2.75) is 280 Å². The minimum Gasteiger partial charge on any atom is -0.462 e. The number of carbonyl (C=O) groups is 2. The van der Waals surface area contributed by atoms with E-state index >= 15 is 0 Å². The molecule has 0 saturated carbocycles. The van der Waals surface area contributed by atoms with Crippen LogP contribution in [0.2, 0.25) is 0 Å². The Hall–Kier alpha value is -2.02. The summed E-state index contributed by atoms with van der Waals surface area (Å²) in [7, 11) is 0. The minimum absolute atomic E-state index is 0.159. The van der Waals surface area contributed by atoms with Crippen molar-refractivity contribution in [3.8, 4) is 0 Å². The molecule has 15 nitrogen and oxygen atoms in total. The number of carbonyl (C=O) groups excluding carboxylic acids is 2. The van der Waals surface area contributed by atoms with Gasteiger partial charge in [0, 0.05) is 12.8 Å². The van der Waals surface area contributed by atoms with Gasteiger partial charge in [-0.05, 0) is 44.9 Å². The summed E-state index contributed by atoms with van der Waals surface area (Å²) < 4.78 is 33.6. The summed E-state index contributed by atoms with van der Waals surface area (Å²) in [5.74, 6) is -0.924. The van der Waals surface area contributed by atoms with E-state index in [4.69, 9.17) is 28.4 Å². The molecule has 404 valence electrons. The van der Waals surface area contributed by atoms with Crippen molar-refractivity contribution in [2.24, 2.45) is 0 Å². The summed E-state index contributed by atoms with van der Waals surface area (Å²) in [6, 6.07) is 0. The maximum Gasteiger partial charge on any atom is 0.306 e. The Labute approximate surface area is 415 Å². The predicted octanol–water partition coefficient (Wildman–Crippen LogP) is 8.33. The van der Waals surface area contributed by atoms with Crippen LogP contribution in [0.4, 0.5) is 0 Å². The summed E-state index contributed by atoms with van der Waals surface area (Å²) in [6.07, 6.45) is 26.2. The molecule has 11 atom stereocenters. The Morgan fingerprint density at radius 2 is 0.870 bits per heavy atom. The zero-order valence-electron chi connectivity index (χ0n) is 42.8. The van der Waals surface area contributed by atoms with E-state index in [0.717, 1.165) is 64.2 Å². The molecule has 2 saturated heterocycles. The fourth-order valence-electron chi connectivity index (χ4n) is 8.66. The van der Waals surface area contributed by atoms with Gasteiger partial charge in [-0.15, -0.1) is 0 Å². The lowest BCUT2D eigenvalue weighted by Crippen LogP contribution is -2.61. The van der Waals surface area contributed by atoms with Gasteiger partial charge in [0.05, 0.1) is 19.8 Å². The largest absolute Gasteiger partial charge is 0.462 e. The van der Waals surface area contributed by atoms with Gasteiger partial charge in [0.15, 0.2) is 18.7 Å². The molecule has 0 radical (unpaired) electrons.